The average molecular weight is 495 g/mol. The van der Waals surface area contributed by atoms with Gasteiger partial charge in [-0.2, -0.15) is 0 Å². The Morgan fingerprint density at radius 2 is 1.54 bits per heavy atom. The number of amides is 2. The summed E-state index contributed by atoms with van der Waals surface area (Å²) in [7, 11) is -3.73. The van der Waals surface area contributed by atoms with Crippen LogP contribution in [0.3, 0.4) is 0 Å². The molecule has 10 nitrogen and oxygen atoms in total. The molecular formula is C24H26N6O4S. The van der Waals surface area contributed by atoms with E-state index >= 15 is 0 Å². The van der Waals surface area contributed by atoms with Crippen molar-refractivity contribution < 1.29 is 18.0 Å². The summed E-state index contributed by atoms with van der Waals surface area (Å²) >= 11 is 0. The highest BCUT2D eigenvalue weighted by atomic mass is 32.2. The fraction of sp³-hybridized carbons (Fsp3) is 0.250. The van der Waals surface area contributed by atoms with Crippen molar-refractivity contribution in [2.45, 2.75) is 18.4 Å². The minimum atomic E-state index is -3.73. The van der Waals surface area contributed by atoms with Crippen LogP contribution in [0.4, 0.5) is 11.6 Å². The number of anilines is 2. The Balaban J connectivity index is 1.31. The van der Waals surface area contributed by atoms with Gasteiger partial charge >= 0.3 is 0 Å². The van der Waals surface area contributed by atoms with Gasteiger partial charge in [-0.1, -0.05) is 12.1 Å². The van der Waals surface area contributed by atoms with Crippen LogP contribution in [-0.2, 0) is 21.4 Å². The monoisotopic (exact) mass is 494 g/mol. The van der Waals surface area contributed by atoms with Gasteiger partial charge < -0.3 is 15.1 Å². The predicted octanol–water partition coefficient (Wildman–Crippen LogP) is 1.88. The van der Waals surface area contributed by atoms with Crippen LogP contribution in [0.15, 0.2) is 71.9 Å². The quantitative estimate of drug-likeness (QED) is 0.514. The molecule has 35 heavy (non-hydrogen) atoms. The van der Waals surface area contributed by atoms with E-state index in [0.29, 0.717) is 43.4 Å². The molecule has 0 unspecified atom stereocenters. The lowest BCUT2D eigenvalue weighted by molar-refractivity contribution is -0.114. The largest absolute Gasteiger partial charge is 0.337 e. The van der Waals surface area contributed by atoms with E-state index in [4.69, 9.17) is 0 Å². The second-order valence-corrected chi connectivity index (χ2v) is 9.82. The van der Waals surface area contributed by atoms with E-state index < -0.39 is 10.0 Å². The molecule has 0 bridgehead atoms. The molecule has 2 aromatic carbocycles. The molecule has 0 radical (unpaired) electrons. The van der Waals surface area contributed by atoms with Gasteiger partial charge in [0.05, 0.1) is 4.90 Å². The molecule has 0 atom stereocenters. The van der Waals surface area contributed by atoms with E-state index in [0.717, 1.165) is 5.56 Å². The standard InChI is InChI=1S/C24H26N6O4S/c1-18(31)28-21-7-9-22(10-8-21)35(33,34)27-17-19-3-5-20(6-4-19)23(32)29-13-15-30(16-14-29)24-25-11-2-12-26-24/h2-12,27H,13-17H2,1H3,(H,28,31). The summed E-state index contributed by atoms with van der Waals surface area (Å²) in [6, 6.07) is 14.6. The molecule has 0 saturated carbocycles. The lowest BCUT2D eigenvalue weighted by atomic mass is 10.1. The van der Waals surface area contributed by atoms with Crippen LogP contribution in [-0.4, -0.2) is 61.3 Å². The van der Waals surface area contributed by atoms with Crippen LogP contribution in [0.5, 0.6) is 0 Å². The van der Waals surface area contributed by atoms with Gasteiger partial charge in [-0.05, 0) is 48.0 Å². The molecule has 1 aliphatic rings. The maximum absolute atomic E-state index is 12.9. The van der Waals surface area contributed by atoms with Crippen molar-refractivity contribution in [1.29, 1.82) is 0 Å². The first-order valence-electron chi connectivity index (χ1n) is 11.1. The molecule has 2 heterocycles. The number of piperazine rings is 1. The van der Waals surface area contributed by atoms with Crippen molar-refractivity contribution in [2.75, 3.05) is 36.4 Å². The molecule has 1 fully saturated rings. The molecule has 0 spiro atoms. The van der Waals surface area contributed by atoms with Gasteiger partial charge in [0.2, 0.25) is 21.9 Å². The number of benzene rings is 2. The molecule has 4 rings (SSSR count). The Bertz CT molecular complexity index is 1270. The molecule has 2 N–H and O–H groups in total. The van der Waals surface area contributed by atoms with E-state index in [1.54, 1.807) is 47.6 Å². The normalized spacial score (nSPS) is 14.0. The Kier molecular flexibility index (Phi) is 7.37. The van der Waals surface area contributed by atoms with Crippen LogP contribution in [0, 0.1) is 0 Å². The molecule has 11 heteroatoms. The molecule has 182 valence electrons. The van der Waals surface area contributed by atoms with Crippen molar-refractivity contribution in [2.24, 2.45) is 0 Å². The summed E-state index contributed by atoms with van der Waals surface area (Å²) in [5, 5.41) is 2.60. The van der Waals surface area contributed by atoms with Gasteiger partial charge in [-0.25, -0.2) is 23.1 Å². The fourth-order valence-corrected chi connectivity index (χ4v) is 4.71. The summed E-state index contributed by atoms with van der Waals surface area (Å²) in [6.45, 7) is 3.91. The molecule has 0 aliphatic carbocycles. The molecule has 1 aromatic heterocycles. The molecular weight excluding hydrogens is 468 g/mol. The first-order valence-corrected chi connectivity index (χ1v) is 12.6. The zero-order valence-corrected chi connectivity index (χ0v) is 20.0. The first kappa shape index (κ1) is 24.3. The molecule has 3 aromatic rings. The zero-order chi connectivity index (χ0) is 24.8. The third kappa shape index (κ3) is 6.19. The Morgan fingerprint density at radius 1 is 0.914 bits per heavy atom. The highest BCUT2D eigenvalue weighted by Gasteiger charge is 2.23. The van der Waals surface area contributed by atoms with E-state index in [9.17, 15) is 18.0 Å². The summed E-state index contributed by atoms with van der Waals surface area (Å²) in [4.78, 5) is 36.4. The number of aromatic nitrogens is 2. The summed E-state index contributed by atoms with van der Waals surface area (Å²) < 4.78 is 27.7. The lowest BCUT2D eigenvalue weighted by Crippen LogP contribution is -2.49. The number of rotatable bonds is 7. The number of sulfonamides is 1. The second kappa shape index (κ2) is 10.6. The van der Waals surface area contributed by atoms with Crippen molar-refractivity contribution in [3.63, 3.8) is 0 Å². The van der Waals surface area contributed by atoms with Crippen LogP contribution in [0.2, 0.25) is 0 Å². The van der Waals surface area contributed by atoms with E-state index in [-0.39, 0.29) is 23.3 Å². The van der Waals surface area contributed by atoms with Crippen LogP contribution in [0.1, 0.15) is 22.8 Å². The highest BCUT2D eigenvalue weighted by Crippen LogP contribution is 2.16. The van der Waals surface area contributed by atoms with Crippen molar-refractivity contribution in [3.8, 4) is 0 Å². The first-order chi connectivity index (χ1) is 16.8. The van der Waals surface area contributed by atoms with Crippen molar-refractivity contribution in [3.05, 3.63) is 78.1 Å². The molecule has 1 aliphatic heterocycles. The van der Waals surface area contributed by atoms with Gasteiger partial charge in [0, 0.05) is 63.3 Å². The minimum absolute atomic E-state index is 0.0648. The minimum Gasteiger partial charge on any atom is -0.337 e. The van der Waals surface area contributed by atoms with Gasteiger partial charge in [-0.15, -0.1) is 0 Å². The average Bonchev–Trinajstić information content (AvgIpc) is 2.88. The third-order valence-electron chi connectivity index (χ3n) is 5.55. The summed E-state index contributed by atoms with van der Waals surface area (Å²) in [5.74, 6) is 0.366. The summed E-state index contributed by atoms with van der Waals surface area (Å²) in [5.41, 5.74) is 1.80. The number of carbonyl (C=O) groups is 2. The predicted molar refractivity (Wildman–Crippen MR) is 131 cm³/mol. The van der Waals surface area contributed by atoms with Gasteiger partial charge in [0.1, 0.15) is 0 Å². The topological polar surface area (TPSA) is 125 Å². The lowest BCUT2D eigenvalue weighted by Gasteiger charge is -2.34. The van der Waals surface area contributed by atoms with E-state index in [1.807, 2.05) is 4.90 Å². The Labute approximate surface area is 204 Å². The molecule has 1 saturated heterocycles. The van der Waals surface area contributed by atoms with E-state index in [1.165, 1.54) is 31.2 Å². The van der Waals surface area contributed by atoms with Gasteiger partial charge in [0.15, 0.2) is 0 Å². The Hall–Kier alpha value is -3.83. The number of nitrogens with zero attached hydrogens (tertiary/aromatic N) is 4. The molecule has 2 amide bonds. The van der Waals surface area contributed by atoms with Crippen LogP contribution >= 0.6 is 0 Å². The van der Waals surface area contributed by atoms with Crippen LogP contribution in [0.25, 0.3) is 0 Å². The number of hydrogen-bond acceptors (Lipinski definition) is 7. The number of carbonyl (C=O) groups excluding carboxylic acids is 2. The highest BCUT2D eigenvalue weighted by molar-refractivity contribution is 7.89. The maximum Gasteiger partial charge on any atom is 0.253 e. The smallest absolute Gasteiger partial charge is 0.253 e. The number of nitrogens with one attached hydrogen (secondary N) is 2. The maximum atomic E-state index is 12.9. The number of hydrogen-bond donors (Lipinski definition) is 2. The van der Waals surface area contributed by atoms with Crippen LogP contribution < -0.4 is 14.9 Å². The van der Waals surface area contributed by atoms with Gasteiger partial charge in [-0.3, -0.25) is 9.59 Å². The zero-order valence-electron chi connectivity index (χ0n) is 19.2. The fourth-order valence-electron chi connectivity index (χ4n) is 3.69. The third-order valence-corrected chi connectivity index (χ3v) is 6.97. The second-order valence-electron chi connectivity index (χ2n) is 8.06. The van der Waals surface area contributed by atoms with Crippen molar-refractivity contribution >= 4 is 33.5 Å². The summed E-state index contributed by atoms with van der Waals surface area (Å²) in [6.07, 6.45) is 3.40. The van der Waals surface area contributed by atoms with Gasteiger partial charge in [0.25, 0.3) is 5.91 Å². The Morgan fingerprint density at radius 3 is 2.14 bits per heavy atom. The van der Waals surface area contributed by atoms with Crippen molar-refractivity contribution in [1.82, 2.24) is 19.6 Å². The SMILES string of the molecule is CC(=O)Nc1ccc(S(=O)(=O)NCc2ccc(C(=O)N3CCN(c4ncccn4)CC3)cc2)cc1. The van der Waals surface area contributed by atoms with E-state index in [2.05, 4.69) is 20.0 Å².